The highest BCUT2D eigenvalue weighted by molar-refractivity contribution is 9.10. The minimum Gasteiger partial charge on any atom is -0.398 e. The first-order chi connectivity index (χ1) is 8.99. The molecule has 0 unspecified atom stereocenters. The van der Waals surface area contributed by atoms with E-state index in [1.807, 2.05) is 0 Å². The molecule has 3 N–H and O–H groups in total. The van der Waals surface area contributed by atoms with Crippen LogP contribution in [0.15, 0.2) is 40.0 Å². The van der Waals surface area contributed by atoms with Gasteiger partial charge in [-0.1, -0.05) is 5.21 Å². The molecule has 9 heteroatoms. The number of nitrogen functional groups attached to an aromatic ring is 1. The summed E-state index contributed by atoms with van der Waals surface area (Å²) >= 11 is 3.20. The van der Waals surface area contributed by atoms with Crippen LogP contribution in [0.25, 0.3) is 0 Å². The van der Waals surface area contributed by atoms with E-state index in [2.05, 4.69) is 31.0 Å². The third-order valence-corrected chi connectivity index (χ3v) is 4.53. The predicted octanol–water partition coefficient (Wildman–Crippen LogP) is 0.601. The van der Waals surface area contributed by atoms with Gasteiger partial charge in [-0.2, -0.15) is 0 Å². The van der Waals surface area contributed by atoms with E-state index in [1.54, 1.807) is 10.9 Å². The number of nitrogens with zero attached hydrogens (tertiary/aromatic N) is 3. The summed E-state index contributed by atoms with van der Waals surface area (Å²) in [4.78, 5) is 0.159. The van der Waals surface area contributed by atoms with E-state index in [0.29, 0.717) is 16.7 Å². The molecular weight excluding hydrogens is 334 g/mol. The third-order valence-electron chi connectivity index (χ3n) is 2.39. The van der Waals surface area contributed by atoms with Gasteiger partial charge < -0.3 is 5.73 Å². The first kappa shape index (κ1) is 14.0. The lowest BCUT2D eigenvalue weighted by Crippen LogP contribution is -2.27. The first-order valence-electron chi connectivity index (χ1n) is 5.38. The fourth-order valence-corrected chi connectivity index (χ4v) is 2.98. The van der Waals surface area contributed by atoms with Gasteiger partial charge in [0.2, 0.25) is 10.0 Å². The number of rotatable bonds is 5. The van der Waals surface area contributed by atoms with Gasteiger partial charge in [0, 0.05) is 22.9 Å². The molecule has 0 spiro atoms. The van der Waals surface area contributed by atoms with Crippen LogP contribution in [0.4, 0.5) is 5.69 Å². The second-order valence-electron chi connectivity index (χ2n) is 3.75. The van der Waals surface area contributed by atoms with Crippen molar-refractivity contribution in [3.63, 3.8) is 0 Å². The van der Waals surface area contributed by atoms with Crippen molar-refractivity contribution in [2.45, 2.75) is 11.4 Å². The largest absolute Gasteiger partial charge is 0.398 e. The lowest BCUT2D eigenvalue weighted by molar-refractivity contribution is 0.553. The Balaban J connectivity index is 2.03. The molecule has 102 valence electrons. The third kappa shape index (κ3) is 3.52. The monoisotopic (exact) mass is 345 g/mol. The molecule has 2 aromatic rings. The van der Waals surface area contributed by atoms with Crippen LogP contribution >= 0.6 is 15.9 Å². The van der Waals surface area contributed by atoms with E-state index in [0.717, 1.165) is 0 Å². The summed E-state index contributed by atoms with van der Waals surface area (Å²) in [6.07, 6.45) is 3.19. The number of hydrogen-bond acceptors (Lipinski definition) is 5. The molecule has 0 aliphatic rings. The maximum absolute atomic E-state index is 12.0. The smallest absolute Gasteiger partial charge is 0.240 e. The summed E-state index contributed by atoms with van der Waals surface area (Å²) in [7, 11) is -3.55. The van der Waals surface area contributed by atoms with E-state index >= 15 is 0 Å². The number of nitrogens with two attached hydrogens (primary N) is 1. The molecular formula is C10H12BrN5O2S. The molecule has 1 aromatic heterocycles. The Morgan fingerprint density at radius 3 is 2.84 bits per heavy atom. The van der Waals surface area contributed by atoms with Crippen LogP contribution in [0.2, 0.25) is 0 Å². The number of sulfonamides is 1. The van der Waals surface area contributed by atoms with E-state index < -0.39 is 10.0 Å². The Morgan fingerprint density at radius 2 is 2.21 bits per heavy atom. The second kappa shape index (κ2) is 5.68. The second-order valence-corrected chi connectivity index (χ2v) is 6.37. The normalized spacial score (nSPS) is 11.6. The molecule has 2 rings (SSSR count). The van der Waals surface area contributed by atoms with Crippen molar-refractivity contribution in [3.05, 3.63) is 35.1 Å². The van der Waals surface area contributed by atoms with E-state index in [1.165, 1.54) is 24.4 Å². The van der Waals surface area contributed by atoms with Gasteiger partial charge in [-0.25, -0.2) is 13.1 Å². The van der Waals surface area contributed by atoms with Crippen molar-refractivity contribution in [2.24, 2.45) is 0 Å². The Bertz CT molecular complexity index is 657. The maximum Gasteiger partial charge on any atom is 0.240 e. The molecule has 0 radical (unpaired) electrons. The van der Waals surface area contributed by atoms with Crippen LogP contribution in [-0.2, 0) is 16.6 Å². The number of hydrogen-bond donors (Lipinski definition) is 2. The van der Waals surface area contributed by atoms with Gasteiger partial charge >= 0.3 is 0 Å². The van der Waals surface area contributed by atoms with Gasteiger partial charge in [0.15, 0.2) is 0 Å². The quantitative estimate of drug-likeness (QED) is 0.772. The zero-order valence-corrected chi connectivity index (χ0v) is 12.2. The fourth-order valence-electron chi connectivity index (χ4n) is 1.40. The Morgan fingerprint density at radius 1 is 1.42 bits per heavy atom. The highest BCUT2D eigenvalue weighted by Crippen LogP contribution is 2.22. The lowest BCUT2D eigenvalue weighted by Gasteiger charge is -2.08. The number of anilines is 1. The van der Waals surface area contributed by atoms with Crippen molar-refractivity contribution in [3.8, 4) is 0 Å². The van der Waals surface area contributed by atoms with Crippen molar-refractivity contribution < 1.29 is 8.42 Å². The van der Waals surface area contributed by atoms with Crippen molar-refractivity contribution in [2.75, 3.05) is 12.3 Å². The van der Waals surface area contributed by atoms with Crippen LogP contribution in [0.5, 0.6) is 0 Å². The summed E-state index contributed by atoms with van der Waals surface area (Å²) in [6, 6.07) is 4.46. The average Bonchev–Trinajstić information content (AvgIpc) is 2.85. The minimum absolute atomic E-state index is 0.159. The van der Waals surface area contributed by atoms with Crippen LogP contribution in [0, 0.1) is 0 Å². The summed E-state index contributed by atoms with van der Waals surface area (Å²) in [5.41, 5.74) is 6.10. The molecule has 0 saturated heterocycles. The Kier molecular flexibility index (Phi) is 4.17. The number of aromatic nitrogens is 3. The summed E-state index contributed by atoms with van der Waals surface area (Å²) in [5.74, 6) is 0. The van der Waals surface area contributed by atoms with Gasteiger partial charge in [-0.05, 0) is 34.1 Å². The van der Waals surface area contributed by atoms with Gasteiger partial charge in [0.1, 0.15) is 0 Å². The van der Waals surface area contributed by atoms with Gasteiger partial charge in [0.25, 0.3) is 0 Å². The first-order valence-corrected chi connectivity index (χ1v) is 7.65. The van der Waals surface area contributed by atoms with Gasteiger partial charge in [0.05, 0.1) is 17.6 Å². The summed E-state index contributed by atoms with van der Waals surface area (Å²) in [5, 5.41) is 7.37. The van der Waals surface area contributed by atoms with Gasteiger partial charge in [-0.3, -0.25) is 4.68 Å². The molecule has 7 nitrogen and oxygen atoms in total. The number of benzene rings is 1. The van der Waals surface area contributed by atoms with E-state index in [-0.39, 0.29) is 11.4 Å². The molecule has 0 aliphatic carbocycles. The van der Waals surface area contributed by atoms with Crippen LogP contribution in [-0.4, -0.2) is 30.0 Å². The molecule has 0 fully saturated rings. The maximum atomic E-state index is 12.0. The molecule has 0 atom stereocenters. The Labute approximate surface area is 119 Å². The predicted molar refractivity (Wildman–Crippen MR) is 73.8 cm³/mol. The van der Waals surface area contributed by atoms with Crippen LogP contribution in [0.1, 0.15) is 0 Å². The number of halogens is 1. The van der Waals surface area contributed by atoms with Crippen molar-refractivity contribution in [1.82, 2.24) is 19.7 Å². The Hall–Kier alpha value is -1.45. The molecule has 0 aliphatic heterocycles. The van der Waals surface area contributed by atoms with Gasteiger partial charge in [-0.15, -0.1) is 5.10 Å². The molecule has 19 heavy (non-hydrogen) atoms. The molecule has 0 saturated carbocycles. The molecule has 0 amide bonds. The summed E-state index contributed by atoms with van der Waals surface area (Å²) < 4.78 is 28.6. The van der Waals surface area contributed by atoms with Crippen molar-refractivity contribution in [1.29, 1.82) is 0 Å². The molecule has 0 bridgehead atoms. The zero-order valence-electron chi connectivity index (χ0n) is 9.82. The fraction of sp³-hybridized carbons (Fsp3) is 0.200. The average molecular weight is 346 g/mol. The van der Waals surface area contributed by atoms with Crippen LogP contribution < -0.4 is 10.5 Å². The summed E-state index contributed by atoms with van der Waals surface area (Å²) in [6.45, 7) is 0.642. The van der Waals surface area contributed by atoms with Crippen LogP contribution in [0.3, 0.4) is 0 Å². The molecule has 1 heterocycles. The highest BCUT2D eigenvalue weighted by atomic mass is 79.9. The topological polar surface area (TPSA) is 103 Å². The molecule has 1 aromatic carbocycles. The zero-order chi connectivity index (χ0) is 13.9. The minimum atomic E-state index is -3.55. The van der Waals surface area contributed by atoms with E-state index in [4.69, 9.17) is 5.73 Å². The SMILES string of the molecule is Nc1ccc(S(=O)(=O)NCCn2ccnn2)cc1Br. The van der Waals surface area contributed by atoms with E-state index in [9.17, 15) is 8.42 Å². The van der Waals surface area contributed by atoms with Crippen molar-refractivity contribution >= 4 is 31.6 Å². The number of nitrogens with one attached hydrogen (secondary N) is 1. The lowest BCUT2D eigenvalue weighted by atomic mass is 10.3. The standard InChI is InChI=1S/C10H12BrN5O2S/c11-9-7-8(1-2-10(9)12)19(17,18)14-4-6-16-5-3-13-15-16/h1-3,5,7,14H,4,6,12H2. The highest BCUT2D eigenvalue weighted by Gasteiger charge is 2.14.